The highest BCUT2D eigenvalue weighted by Gasteiger charge is 2.06. The lowest BCUT2D eigenvalue weighted by Crippen LogP contribution is -2.19. The lowest BCUT2D eigenvalue weighted by Gasteiger charge is -2.03. The Bertz CT molecular complexity index is 553. The van der Waals surface area contributed by atoms with Crippen molar-refractivity contribution in [2.24, 2.45) is 0 Å². The van der Waals surface area contributed by atoms with Crippen LogP contribution in [0.4, 0.5) is 0 Å². The first-order chi connectivity index (χ1) is 10.7. The third kappa shape index (κ3) is 6.52. The summed E-state index contributed by atoms with van der Waals surface area (Å²) >= 11 is 0. The van der Waals surface area contributed by atoms with Crippen LogP contribution in [0, 0.1) is 0 Å². The average Bonchev–Trinajstić information content (AvgIpc) is 2.95. The second-order valence-corrected chi connectivity index (χ2v) is 3.92. The number of benzene rings is 2. The predicted molar refractivity (Wildman–Crippen MR) is 86.6 cm³/mol. The summed E-state index contributed by atoms with van der Waals surface area (Å²) in [6, 6.07) is 19.5. The van der Waals surface area contributed by atoms with Crippen LogP contribution >= 0.6 is 0 Å². The molecule has 4 heteroatoms. The Hall–Kier alpha value is -2.88. The number of hydrogen-bond acceptors (Lipinski definition) is 3. The van der Waals surface area contributed by atoms with Crippen LogP contribution in [-0.2, 0) is 9.59 Å². The van der Waals surface area contributed by atoms with Crippen molar-refractivity contribution in [1.82, 2.24) is 5.32 Å². The number of carbonyl (C=O) groups excluding carboxylic acids is 2. The van der Waals surface area contributed by atoms with Gasteiger partial charge < -0.3 is 4.74 Å². The van der Waals surface area contributed by atoms with Crippen LogP contribution in [0.1, 0.15) is 13.8 Å². The molecule has 22 heavy (non-hydrogen) atoms. The maximum absolute atomic E-state index is 10.0. The van der Waals surface area contributed by atoms with Crippen LogP contribution in [-0.4, -0.2) is 11.8 Å². The van der Waals surface area contributed by atoms with E-state index in [1.807, 2.05) is 79.8 Å². The van der Waals surface area contributed by atoms with E-state index in [1.54, 1.807) is 0 Å². The molecule has 4 nitrogen and oxygen atoms in total. The minimum atomic E-state index is -0.329. The molecular formula is C18H19NO3. The maximum atomic E-state index is 10.0. The molecule has 0 unspecified atom stereocenters. The smallest absolute Gasteiger partial charge is 0.250 e. The molecule has 114 valence electrons. The van der Waals surface area contributed by atoms with Gasteiger partial charge in [-0.15, -0.1) is 0 Å². The van der Waals surface area contributed by atoms with E-state index in [2.05, 4.69) is 0 Å². The quantitative estimate of drug-likeness (QED) is 0.860. The Morgan fingerprint density at radius 2 is 1.05 bits per heavy atom. The molecule has 0 radical (unpaired) electrons. The monoisotopic (exact) mass is 297 g/mol. The number of carbonyl (C=O) groups is 2. The third-order valence-corrected chi connectivity index (χ3v) is 2.35. The maximum Gasteiger partial charge on any atom is 0.250 e. The second-order valence-electron chi connectivity index (χ2n) is 3.92. The van der Waals surface area contributed by atoms with Crippen LogP contribution in [0.3, 0.4) is 0 Å². The van der Waals surface area contributed by atoms with E-state index in [9.17, 15) is 9.59 Å². The molecule has 1 heterocycles. The van der Waals surface area contributed by atoms with Gasteiger partial charge in [-0.3, -0.25) is 14.9 Å². The molecule has 2 aromatic carbocycles. The summed E-state index contributed by atoms with van der Waals surface area (Å²) in [5, 5.41) is 2.03. The largest absolute Gasteiger partial charge is 0.457 e. The van der Waals surface area contributed by atoms with E-state index in [4.69, 9.17) is 4.74 Å². The zero-order chi connectivity index (χ0) is 16.2. The molecule has 0 bridgehead atoms. The normalized spacial score (nSPS) is 11.5. The van der Waals surface area contributed by atoms with E-state index in [0.29, 0.717) is 0 Å². The molecule has 2 amide bonds. The van der Waals surface area contributed by atoms with E-state index in [1.165, 1.54) is 12.2 Å². The van der Waals surface area contributed by atoms with Crippen molar-refractivity contribution in [3.63, 3.8) is 0 Å². The fraction of sp³-hybridized carbons (Fsp3) is 0.111. The van der Waals surface area contributed by atoms with E-state index < -0.39 is 0 Å². The Kier molecular flexibility index (Phi) is 7.76. The Labute approximate surface area is 130 Å². The fourth-order valence-corrected chi connectivity index (χ4v) is 1.47. The Morgan fingerprint density at radius 3 is 1.32 bits per heavy atom. The summed E-state index contributed by atoms with van der Waals surface area (Å²) in [6.07, 6.45) is 2.39. The van der Waals surface area contributed by atoms with Crippen LogP contribution in [0.25, 0.3) is 0 Å². The van der Waals surface area contributed by atoms with Crippen molar-refractivity contribution in [3.8, 4) is 11.5 Å². The van der Waals surface area contributed by atoms with Gasteiger partial charge in [0.05, 0.1) is 0 Å². The van der Waals surface area contributed by atoms with Crippen molar-refractivity contribution < 1.29 is 14.3 Å². The van der Waals surface area contributed by atoms with Gasteiger partial charge in [-0.1, -0.05) is 50.2 Å². The molecule has 0 fully saturated rings. The summed E-state index contributed by atoms with van der Waals surface area (Å²) in [5.41, 5.74) is 0. The number of hydrogen-bond donors (Lipinski definition) is 1. The van der Waals surface area contributed by atoms with Gasteiger partial charge in [-0.25, -0.2) is 0 Å². The summed E-state index contributed by atoms with van der Waals surface area (Å²) in [5.74, 6) is 1.08. The van der Waals surface area contributed by atoms with Gasteiger partial charge in [0.25, 0.3) is 11.8 Å². The molecule has 0 aliphatic carbocycles. The first-order valence-electron chi connectivity index (χ1n) is 7.05. The van der Waals surface area contributed by atoms with Crippen LogP contribution < -0.4 is 10.1 Å². The predicted octanol–water partition coefficient (Wildman–Crippen LogP) is 3.70. The highest BCUT2D eigenvalue weighted by molar-refractivity contribution is 6.12. The van der Waals surface area contributed by atoms with Gasteiger partial charge in [0.15, 0.2) is 0 Å². The van der Waals surface area contributed by atoms with Crippen molar-refractivity contribution in [3.05, 3.63) is 72.8 Å². The van der Waals surface area contributed by atoms with Crippen molar-refractivity contribution in [2.75, 3.05) is 0 Å². The first kappa shape index (κ1) is 17.2. The van der Waals surface area contributed by atoms with Gasteiger partial charge in [-0.05, 0) is 24.3 Å². The second kappa shape index (κ2) is 9.94. The minimum absolute atomic E-state index is 0.329. The lowest BCUT2D eigenvalue weighted by molar-refractivity contribution is -0.123. The zero-order valence-corrected chi connectivity index (χ0v) is 12.7. The topological polar surface area (TPSA) is 55.4 Å². The zero-order valence-electron chi connectivity index (χ0n) is 12.7. The molecule has 3 rings (SSSR count). The average molecular weight is 297 g/mol. The molecular weight excluding hydrogens is 278 g/mol. The summed E-state index contributed by atoms with van der Waals surface area (Å²) in [6.45, 7) is 4.00. The van der Waals surface area contributed by atoms with Crippen molar-refractivity contribution in [2.45, 2.75) is 13.8 Å². The van der Waals surface area contributed by atoms with Gasteiger partial charge in [0.1, 0.15) is 11.5 Å². The van der Waals surface area contributed by atoms with E-state index in [0.717, 1.165) is 11.5 Å². The molecule has 0 saturated carbocycles. The Morgan fingerprint density at radius 1 is 0.682 bits per heavy atom. The number of nitrogens with one attached hydrogen (secondary N) is 1. The first-order valence-corrected chi connectivity index (χ1v) is 7.05. The molecule has 0 spiro atoms. The molecule has 1 aliphatic heterocycles. The van der Waals surface area contributed by atoms with Crippen LogP contribution in [0.2, 0.25) is 0 Å². The summed E-state index contributed by atoms with van der Waals surface area (Å²) in [4.78, 5) is 20.1. The minimum Gasteiger partial charge on any atom is -0.457 e. The molecule has 0 atom stereocenters. The molecule has 1 aliphatic rings. The summed E-state index contributed by atoms with van der Waals surface area (Å²) in [7, 11) is 0. The molecule has 0 aromatic heterocycles. The lowest BCUT2D eigenvalue weighted by atomic mass is 10.3. The van der Waals surface area contributed by atoms with Crippen LogP contribution in [0.5, 0.6) is 11.5 Å². The van der Waals surface area contributed by atoms with Crippen molar-refractivity contribution >= 4 is 11.8 Å². The standard InChI is InChI=1S/C12H10O.C4H3NO2.C2H6/c1-3-7-11(8-4-1)13-12-9-5-2-6-10-12;6-3-1-2-4(7)5-3;1-2/h1-10H;1-2H,(H,5,6,7);1-2H3. The fourth-order valence-electron chi connectivity index (χ4n) is 1.47. The number of ether oxygens (including phenoxy) is 1. The van der Waals surface area contributed by atoms with Crippen molar-refractivity contribution in [1.29, 1.82) is 0 Å². The number of rotatable bonds is 2. The molecule has 1 N–H and O–H groups in total. The Balaban J connectivity index is 0.000000228. The van der Waals surface area contributed by atoms with Gasteiger partial charge >= 0.3 is 0 Å². The molecule has 2 aromatic rings. The number of para-hydroxylation sites is 2. The van der Waals surface area contributed by atoms with Gasteiger partial charge in [-0.2, -0.15) is 0 Å². The van der Waals surface area contributed by atoms with Gasteiger partial charge in [0.2, 0.25) is 0 Å². The van der Waals surface area contributed by atoms with E-state index in [-0.39, 0.29) is 11.8 Å². The molecule has 0 saturated heterocycles. The summed E-state index contributed by atoms with van der Waals surface area (Å²) < 4.78 is 5.58. The third-order valence-electron chi connectivity index (χ3n) is 2.35. The SMILES string of the molecule is CC.O=C1C=CC(=O)N1.c1ccc(Oc2ccccc2)cc1. The number of amides is 2. The van der Waals surface area contributed by atoms with Gasteiger partial charge in [0, 0.05) is 12.2 Å². The van der Waals surface area contributed by atoms with Crippen LogP contribution in [0.15, 0.2) is 72.8 Å². The number of imide groups is 1. The highest BCUT2D eigenvalue weighted by Crippen LogP contribution is 2.19. The highest BCUT2D eigenvalue weighted by atomic mass is 16.5. The van der Waals surface area contributed by atoms with E-state index >= 15 is 0 Å².